The summed E-state index contributed by atoms with van der Waals surface area (Å²) in [6, 6.07) is 37.8. The molecule has 5 atom stereocenters. The van der Waals surface area contributed by atoms with Crippen molar-refractivity contribution < 1.29 is 28.9 Å². The summed E-state index contributed by atoms with van der Waals surface area (Å²) in [6.07, 6.45) is 0. The molecule has 0 amide bonds. The van der Waals surface area contributed by atoms with Crippen LogP contribution in [0, 0.1) is 0 Å². The van der Waals surface area contributed by atoms with Gasteiger partial charge >= 0.3 is 11.9 Å². The number of aromatic hydroxyl groups is 1. The van der Waals surface area contributed by atoms with Crippen LogP contribution >= 0.6 is 113 Å². The minimum absolute atomic E-state index is 0. The van der Waals surface area contributed by atoms with Crippen LogP contribution in [0.4, 0.5) is 0 Å². The normalized spacial score (nSPS) is 10.6. The van der Waals surface area contributed by atoms with Gasteiger partial charge in [0.25, 0.3) is 0 Å². The second kappa shape index (κ2) is 23.1. The van der Waals surface area contributed by atoms with Crippen LogP contribution in [0.1, 0.15) is 20.7 Å². The standard InChI is InChI=1S/C20H13ClO3S.C12H8OS.C8H6BrClO2.H7P5.H3P/c1-23-20(22)15-10-9-12(21)11-17(15)24-16-7-4-6-14-13-5-2-3-8-18(13)25-19(14)16;13-10-6-3-5-9-8-4-1-2-7-11(8)14-12(9)10;1-12-8(11)6-3-2-5(10)4-7(6)9;1-4-5(2)3;/h2-11H,1H3;1-7,13H;2-4H,1H3;4H,1-3H2;1H3. The second-order valence-corrected chi connectivity index (χ2v) is 29.1. The van der Waals surface area contributed by atoms with Crippen molar-refractivity contribution in [3.8, 4) is 17.2 Å². The van der Waals surface area contributed by atoms with E-state index in [9.17, 15) is 14.7 Å². The molecule has 0 bridgehead atoms. The minimum atomic E-state index is -0.463. The van der Waals surface area contributed by atoms with Gasteiger partial charge in [0, 0.05) is 51.5 Å². The Morgan fingerprint density at radius 2 is 1.14 bits per heavy atom. The van der Waals surface area contributed by atoms with Crippen molar-refractivity contribution in [2.75, 3.05) is 14.2 Å². The van der Waals surface area contributed by atoms with Crippen molar-refractivity contribution in [1.82, 2.24) is 0 Å². The molecule has 6 nitrogen and oxygen atoms in total. The summed E-state index contributed by atoms with van der Waals surface area (Å²) in [7, 11) is 11.9. The van der Waals surface area contributed by atoms with Crippen LogP contribution in [-0.4, -0.2) is 31.3 Å². The van der Waals surface area contributed by atoms with E-state index in [2.05, 4.69) is 77.8 Å². The number of fused-ring (bicyclic) bond motifs is 6. The molecule has 0 radical (unpaired) electrons. The fraction of sp³-hybridized carbons (Fsp3) is 0.0500. The highest BCUT2D eigenvalue weighted by molar-refractivity contribution is 9.10. The van der Waals surface area contributed by atoms with Crippen molar-refractivity contribution in [2.45, 2.75) is 0 Å². The Hall–Kier alpha value is -2.06. The van der Waals surface area contributed by atoms with Gasteiger partial charge in [-0.15, -0.1) is 49.5 Å². The Morgan fingerprint density at radius 1 is 0.667 bits per heavy atom. The molecule has 1 N–H and O–H groups in total. The Balaban J connectivity index is 0.000000191. The van der Waals surface area contributed by atoms with Crippen molar-refractivity contribution in [2.24, 2.45) is 0 Å². The first-order valence-electron chi connectivity index (χ1n) is 16.3. The van der Waals surface area contributed by atoms with Crippen LogP contribution in [0.5, 0.6) is 17.2 Å². The number of phenols is 1. The third-order valence-electron chi connectivity index (χ3n) is 7.81. The highest BCUT2D eigenvalue weighted by Gasteiger charge is 2.17. The molecule has 0 aliphatic heterocycles. The number of thiophene rings is 2. The summed E-state index contributed by atoms with van der Waals surface area (Å²) < 4.78 is 20.5. The number of phenolic OH excluding ortho intramolecular Hbond substituents is 1. The SMILES string of the molecule is COC(=O)c1ccc(Cl)cc1Br.COC(=O)c1ccc(Cl)cc1Oc1cccc2c1sc1ccccc12.Oc1cccc2c1sc1ccccc12.P.PPP(P)P. The van der Waals surface area contributed by atoms with Crippen LogP contribution in [0.2, 0.25) is 10.0 Å². The molecular weight excluding hydrogens is 977 g/mol. The van der Waals surface area contributed by atoms with Gasteiger partial charge in [0.2, 0.25) is 0 Å². The Bertz CT molecular complexity index is 2640. The largest absolute Gasteiger partial charge is 0.506 e. The maximum Gasteiger partial charge on any atom is 0.341 e. The van der Waals surface area contributed by atoms with Crippen molar-refractivity contribution >= 4 is 166 Å². The lowest BCUT2D eigenvalue weighted by Crippen LogP contribution is -2.03. The average molecular weight is 1010 g/mol. The predicted molar refractivity (Wildman–Crippen MR) is 269 cm³/mol. The van der Waals surface area contributed by atoms with E-state index in [0.717, 1.165) is 28.1 Å². The van der Waals surface area contributed by atoms with Gasteiger partial charge < -0.3 is 19.3 Å². The Morgan fingerprint density at radius 3 is 1.70 bits per heavy atom. The van der Waals surface area contributed by atoms with E-state index in [-0.39, 0.29) is 22.9 Å². The van der Waals surface area contributed by atoms with E-state index in [1.807, 2.05) is 48.5 Å². The van der Waals surface area contributed by atoms with Gasteiger partial charge in [0.15, 0.2) is 0 Å². The summed E-state index contributed by atoms with van der Waals surface area (Å²) in [5.74, 6) is 0.604. The summed E-state index contributed by atoms with van der Waals surface area (Å²) in [5.41, 5.74) is 0.812. The molecule has 8 rings (SSSR count). The van der Waals surface area contributed by atoms with E-state index < -0.39 is 5.97 Å². The maximum atomic E-state index is 12.0. The number of rotatable bonds is 5. The number of benzene rings is 6. The van der Waals surface area contributed by atoms with E-state index >= 15 is 0 Å². The molecule has 0 fully saturated rings. The van der Waals surface area contributed by atoms with Gasteiger partial charge in [0.05, 0.1) is 29.2 Å². The van der Waals surface area contributed by atoms with E-state index in [0.29, 0.717) is 42.9 Å². The zero-order valence-corrected chi connectivity index (χ0v) is 41.9. The molecule has 6 aromatic carbocycles. The zero-order chi connectivity index (χ0) is 40.4. The van der Waals surface area contributed by atoms with Gasteiger partial charge in [-0.05, 0) is 77.5 Å². The lowest BCUT2D eigenvalue weighted by atomic mass is 10.1. The molecule has 17 heteroatoms. The molecule has 0 saturated heterocycles. The molecule has 2 heterocycles. The smallest absolute Gasteiger partial charge is 0.341 e. The minimum Gasteiger partial charge on any atom is -0.506 e. The van der Waals surface area contributed by atoms with E-state index in [4.69, 9.17) is 32.7 Å². The molecule has 0 aliphatic rings. The van der Waals surface area contributed by atoms with Gasteiger partial charge in [-0.1, -0.05) is 91.8 Å². The first-order chi connectivity index (χ1) is 26.9. The molecule has 0 aliphatic carbocycles. The topological polar surface area (TPSA) is 82.1 Å². The lowest BCUT2D eigenvalue weighted by molar-refractivity contribution is 0.0589. The molecule has 8 aromatic rings. The number of methoxy groups -OCH3 is 2. The number of hydrogen-bond donors (Lipinski definition) is 1. The third-order valence-corrected chi connectivity index (χ3v) is 23.3. The van der Waals surface area contributed by atoms with Crippen LogP contribution < -0.4 is 4.74 Å². The maximum absolute atomic E-state index is 12.0. The highest BCUT2D eigenvalue weighted by Crippen LogP contribution is 2.71. The molecule has 2 aromatic heterocycles. The van der Waals surface area contributed by atoms with Gasteiger partial charge in [-0.2, -0.15) is 9.90 Å². The van der Waals surface area contributed by atoms with Gasteiger partial charge in [0.1, 0.15) is 22.8 Å². The van der Waals surface area contributed by atoms with Crippen LogP contribution in [0.3, 0.4) is 0 Å². The number of hydrogen-bond acceptors (Lipinski definition) is 8. The Labute approximate surface area is 370 Å². The van der Waals surface area contributed by atoms with Crippen molar-refractivity contribution in [3.05, 3.63) is 147 Å². The summed E-state index contributed by atoms with van der Waals surface area (Å²) in [6.45, 7) is 0.226. The van der Waals surface area contributed by atoms with Crippen molar-refractivity contribution in [1.29, 1.82) is 0 Å². The Kier molecular flexibility index (Phi) is 19.3. The number of carbonyl (C=O) groups excluding carboxylic acids is 2. The molecular formula is C40H37BrCl2O6P6S2. The first-order valence-corrected chi connectivity index (χ1v) is 27.7. The number of carbonyl (C=O) groups is 2. The predicted octanol–water partition coefficient (Wildman–Crippen LogP) is 15.4. The molecule has 296 valence electrons. The molecule has 0 spiro atoms. The van der Waals surface area contributed by atoms with Crippen LogP contribution in [0.25, 0.3) is 40.3 Å². The zero-order valence-electron chi connectivity index (χ0n) is 30.4. The van der Waals surface area contributed by atoms with E-state index in [1.165, 1.54) is 34.4 Å². The number of esters is 2. The monoisotopic (exact) mass is 1010 g/mol. The average Bonchev–Trinajstić information content (AvgIpc) is 3.78. The third kappa shape index (κ3) is 12.5. The quantitative estimate of drug-likeness (QED) is 0.137. The van der Waals surface area contributed by atoms with Crippen LogP contribution in [-0.2, 0) is 9.47 Å². The first kappa shape index (κ1) is 47.6. The van der Waals surface area contributed by atoms with E-state index in [1.54, 1.807) is 65.1 Å². The lowest BCUT2D eigenvalue weighted by Gasteiger charge is -2.11. The fourth-order valence-corrected chi connectivity index (χ4v) is 8.55. The second-order valence-electron chi connectivity index (χ2n) is 11.4. The molecule has 5 unspecified atom stereocenters. The number of halogens is 3. The molecule has 57 heavy (non-hydrogen) atoms. The van der Waals surface area contributed by atoms with Crippen molar-refractivity contribution in [3.63, 3.8) is 0 Å². The summed E-state index contributed by atoms with van der Waals surface area (Å²) in [5, 5.41) is 15.4. The van der Waals surface area contributed by atoms with Gasteiger partial charge in [-0.25, -0.2) is 9.59 Å². The summed E-state index contributed by atoms with van der Waals surface area (Å²) >= 11 is 18.3. The fourth-order valence-electron chi connectivity index (χ4n) is 5.28. The summed E-state index contributed by atoms with van der Waals surface area (Å²) in [4.78, 5) is 23.0. The highest BCUT2D eigenvalue weighted by atomic mass is 79.9. The number of ether oxygens (including phenoxy) is 3. The van der Waals surface area contributed by atoms with Gasteiger partial charge in [-0.3, -0.25) is 0 Å². The van der Waals surface area contributed by atoms with Crippen LogP contribution in [0.15, 0.2) is 126 Å². The molecule has 0 saturated carbocycles.